The molecule has 0 bridgehead atoms. The molecule has 4 N–H and O–H groups in total. The van der Waals surface area contributed by atoms with Crippen molar-refractivity contribution in [3.05, 3.63) is 174 Å². The summed E-state index contributed by atoms with van der Waals surface area (Å²) >= 11 is 3.79. The Labute approximate surface area is 423 Å². The van der Waals surface area contributed by atoms with Crippen LogP contribution in [0.1, 0.15) is 34.0 Å². The lowest BCUT2D eigenvalue weighted by Gasteiger charge is -2.38. The maximum atomic E-state index is 11.2. The Hall–Kier alpha value is -5.80. The highest BCUT2D eigenvalue weighted by Gasteiger charge is 2.30. The average Bonchev–Trinajstić information content (AvgIpc) is 3.54. The van der Waals surface area contributed by atoms with Crippen LogP contribution in [0.15, 0.2) is 170 Å². The summed E-state index contributed by atoms with van der Waals surface area (Å²) in [5.74, 6) is -2.51. The van der Waals surface area contributed by atoms with E-state index in [1.807, 2.05) is 23.5 Å². The van der Waals surface area contributed by atoms with Gasteiger partial charge in [-0.2, -0.15) is 16.8 Å². The first-order valence-corrected chi connectivity index (χ1v) is 27.6. The van der Waals surface area contributed by atoms with Gasteiger partial charge < -0.3 is 24.6 Å². The Morgan fingerprint density at radius 3 is 1.85 bits per heavy atom. The highest BCUT2D eigenvalue weighted by Crippen LogP contribution is 2.44. The fourth-order valence-corrected chi connectivity index (χ4v) is 12.0. The quantitative estimate of drug-likeness (QED) is 0.0638. The van der Waals surface area contributed by atoms with Crippen LogP contribution >= 0.6 is 23.5 Å². The predicted octanol–water partition coefficient (Wildman–Crippen LogP) is 9.13. The summed E-state index contributed by atoms with van der Waals surface area (Å²) in [6.07, 6.45) is 5.56. The van der Waals surface area contributed by atoms with Crippen molar-refractivity contribution in [3.63, 3.8) is 0 Å². The molecule has 372 valence electrons. The normalized spacial score (nSPS) is 16.2. The van der Waals surface area contributed by atoms with Gasteiger partial charge in [-0.3, -0.25) is 14.0 Å². The molecule has 0 spiro atoms. The van der Waals surface area contributed by atoms with E-state index in [1.54, 1.807) is 0 Å². The number of thioether (sulfide) groups is 1. The summed E-state index contributed by atoms with van der Waals surface area (Å²) in [5.41, 5.74) is 8.82. The van der Waals surface area contributed by atoms with Crippen molar-refractivity contribution in [1.82, 2.24) is 19.3 Å². The van der Waals surface area contributed by atoms with Gasteiger partial charge in [-0.1, -0.05) is 103 Å². The van der Waals surface area contributed by atoms with Crippen molar-refractivity contribution in [3.8, 4) is 0 Å². The molecule has 1 unspecified atom stereocenters. The van der Waals surface area contributed by atoms with Crippen LogP contribution in [-0.4, -0.2) is 120 Å². The first-order valence-electron chi connectivity index (χ1n) is 22.7. The van der Waals surface area contributed by atoms with Gasteiger partial charge in [0.2, 0.25) is 0 Å². The largest absolute Gasteiger partial charge is 0.478 e. The van der Waals surface area contributed by atoms with Gasteiger partial charge in [-0.05, 0) is 91.5 Å². The Kier molecular flexibility index (Phi) is 17.6. The Morgan fingerprint density at radius 2 is 1.24 bits per heavy atom. The molecule has 14 nitrogen and oxygen atoms in total. The number of piperazine rings is 1. The van der Waals surface area contributed by atoms with Gasteiger partial charge in [0, 0.05) is 112 Å². The van der Waals surface area contributed by atoms with E-state index >= 15 is 0 Å². The van der Waals surface area contributed by atoms with Gasteiger partial charge >= 0.3 is 11.9 Å². The molecule has 0 amide bonds. The third kappa shape index (κ3) is 13.6. The van der Waals surface area contributed by atoms with Crippen LogP contribution in [-0.2, 0) is 55.8 Å². The molecule has 1 aromatic heterocycles. The molecule has 18 heteroatoms. The zero-order valence-electron chi connectivity index (χ0n) is 39.5. The SMILES string of the molecule is CN1CCc2c(c3ccccc3n2Cc2ccccc2)C1.CSc1ccc2c(c1)C(N1CCN(C)CC1)Cc1ccccc1S2.O=C(O)C=CC(=O)O.O=S(=O)(O)c1cccc2c(S(=O)(=O)O)cccc12. The number of hydrogen-bond donors (Lipinski definition) is 4. The monoisotopic (exact) mass is 1040 g/mol. The minimum Gasteiger partial charge on any atom is -0.478 e. The van der Waals surface area contributed by atoms with E-state index in [2.05, 4.69) is 137 Å². The lowest BCUT2D eigenvalue weighted by molar-refractivity contribution is -0.134. The zero-order valence-corrected chi connectivity index (χ0v) is 42.7. The van der Waals surface area contributed by atoms with E-state index < -0.39 is 42.0 Å². The van der Waals surface area contributed by atoms with E-state index in [0.29, 0.717) is 18.2 Å². The van der Waals surface area contributed by atoms with Crippen molar-refractivity contribution in [2.45, 2.75) is 56.5 Å². The fraction of sp³-hybridized carbons (Fsp3) is 0.245. The van der Waals surface area contributed by atoms with Gasteiger partial charge in [-0.25, -0.2) is 9.59 Å². The molecule has 0 aliphatic carbocycles. The third-order valence-corrected chi connectivity index (χ3v) is 16.2. The summed E-state index contributed by atoms with van der Waals surface area (Å²) < 4.78 is 65.2. The Balaban J connectivity index is 0.000000147. The summed E-state index contributed by atoms with van der Waals surface area (Å²) in [6, 6.07) is 43.6. The van der Waals surface area contributed by atoms with E-state index in [4.69, 9.17) is 19.3 Å². The number of benzene rings is 6. The van der Waals surface area contributed by atoms with Gasteiger partial charge in [0.1, 0.15) is 9.79 Å². The van der Waals surface area contributed by atoms with Crippen molar-refractivity contribution in [2.24, 2.45) is 0 Å². The Bertz CT molecular complexity index is 3200. The van der Waals surface area contributed by atoms with Crippen LogP contribution < -0.4 is 0 Å². The lowest BCUT2D eigenvalue weighted by atomic mass is 9.96. The minimum atomic E-state index is -4.47. The molecule has 6 aromatic carbocycles. The standard InChI is InChI=1S/C20H24N2S2.C19H20N2.C10H8O6S2.C4H4O4/c1-21-9-11-22(12-10-21)18-13-15-5-3-4-6-19(15)24-20-8-7-16(23-2)14-17(18)20;1-20-12-11-19-17(14-20)16-9-5-6-10-18(16)21(19)13-15-7-3-2-4-8-15;11-17(12,13)9-5-1-3-7-8(9)4-2-6-10(7)18(14,15)16;5-3(6)1-2-4(7)8/h3-8,14,18H,9-13H2,1-2H3;2-10H,11-14H2,1H3;1-6H,(H,11,12,13)(H,14,15,16);1-2H,(H,5,6)(H,7,8). The van der Waals surface area contributed by atoms with Gasteiger partial charge in [0.15, 0.2) is 0 Å². The number of carbonyl (C=O) groups is 2. The van der Waals surface area contributed by atoms with E-state index in [9.17, 15) is 26.4 Å². The Morgan fingerprint density at radius 1 is 0.662 bits per heavy atom. The summed E-state index contributed by atoms with van der Waals surface area (Å²) in [7, 11) is -4.49. The molecule has 4 heterocycles. The van der Waals surface area contributed by atoms with Crippen LogP contribution in [0.4, 0.5) is 0 Å². The van der Waals surface area contributed by atoms with Crippen LogP contribution in [0, 0.1) is 0 Å². The molecule has 7 aromatic rings. The van der Waals surface area contributed by atoms with Gasteiger partial charge in [0.25, 0.3) is 20.2 Å². The number of nitrogens with zero attached hydrogens (tertiary/aromatic N) is 4. The van der Waals surface area contributed by atoms with E-state index in [0.717, 1.165) is 57.7 Å². The molecular weight excluding hydrogens is 981 g/mol. The molecule has 0 saturated carbocycles. The summed E-state index contributed by atoms with van der Waals surface area (Å²) in [4.78, 5) is 30.1. The van der Waals surface area contributed by atoms with E-state index in [-0.39, 0.29) is 10.8 Å². The maximum absolute atomic E-state index is 11.2. The summed E-state index contributed by atoms with van der Waals surface area (Å²) in [6.45, 7) is 7.86. The number of fused-ring (bicyclic) bond motifs is 6. The van der Waals surface area contributed by atoms with Crippen molar-refractivity contribution in [1.29, 1.82) is 0 Å². The molecule has 1 atom stereocenters. The highest BCUT2D eigenvalue weighted by molar-refractivity contribution is 7.99. The van der Waals surface area contributed by atoms with Gasteiger partial charge in [0.05, 0.1) is 0 Å². The minimum absolute atomic E-state index is 0.0233. The molecular formula is C53H56N4O10S4. The smallest absolute Gasteiger partial charge is 0.328 e. The number of rotatable bonds is 8. The number of aliphatic carboxylic acids is 2. The van der Waals surface area contributed by atoms with Crippen molar-refractivity contribution < 1.29 is 45.7 Å². The number of aromatic nitrogens is 1. The number of hydrogen-bond acceptors (Lipinski definition) is 11. The topological polar surface area (TPSA) is 198 Å². The second kappa shape index (κ2) is 23.6. The zero-order chi connectivity index (χ0) is 50.9. The third-order valence-electron chi connectivity index (χ3n) is 12.5. The molecule has 3 aliphatic heterocycles. The molecule has 1 saturated heterocycles. The molecule has 71 heavy (non-hydrogen) atoms. The lowest BCUT2D eigenvalue weighted by Crippen LogP contribution is -2.46. The number of likely N-dealkylation sites (N-methyl/N-ethyl adjacent to an activating group) is 2. The number of carboxylic acid groups (broad SMARTS) is 2. The summed E-state index contributed by atoms with van der Waals surface area (Å²) in [5, 5.41) is 17.1. The number of para-hydroxylation sites is 1. The van der Waals surface area contributed by atoms with Crippen LogP contribution in [0.2, 0.25) is 0 Å². The fourth-order valence-electron chi connectivity index (χ4n) is 9.00. The molecule has 1 fully saturated rings. The second-order valence-electron chi connectivity index (χ2n) is 17.2. The van der Waals surface area contributed by atoms with Crippen LogP contribution in [0.5, 0.6) is 0 Å². The molecule has 10 rings (SSSR count). The predicted molar refractivity (Wildman–Crippen MR) is 280 cm³/mol. The van der Waals surface area contributed by atoms with Crippen molar-refractivity contribution in [2.75, 3.05) is 53.1 Å². The van der Waals surface area contributed by atoms with E-state index in [1.165, 1.54) is 90.9 Å². The molecule has 3 aliphatic rings. The average molecular weight is 1040 g/mol. The highest BCUT2D eigenvalue weighted by atomic mass is 32.2. The van der Waals surface area contributed by atoms with Gasteiger partial charge in [-0.15, -0.1) is 11.8 Å². The van der Waals surface area contributed by atoms with Crippen LogP contribution in [0.3, 0.4) is 0 Å². The second-order valence-corrected chi connectivity index (χ2v) is 22.0. The maximum Gasteiger partial charge on any atom is 0.328 e. The van der Waals surface area contributed by atoms with Crippen LogP contribution in [0.25, 0.3) is 21.7 Å². The number of carboxylic acids is 2. The van der Waals surface area contributed by atoms with Crippen molar-refractivity contribution >= 4 is 77.4 Å². The molecule has 0 radical (unpaired) electrons. The first-order chi connectivity index (χ1) is 33.9. The first kappa shape index (κ1) is 53.0.